The summed E-state index contributed by atoms with van der Waals surface area (Å²) in [7, 11) is 1.77. The number of piperidine rings is 3. The number of nitrogens with one attached hydrogen (secondary N) is 2. The highest BCUT2D eigenvalue weighted by Crippen LogP contribution is 2.29. The predicted octanol–water partition coefficient (Wildman–Crippen LogP) is 1.61. The summed E-state index contributed by atoms with van der Waals surface area (Å²) >= 11 is 0. The number of aromatic nitrogens is 2. The number of aromatic amines is 1. The van der Waals surface area contributed by atoms with Gasteiger partial charge in [-0.15, -0.1) is 0 Å². The normalized spacial score (nSPS) is 30.2. The molecule has 0 radical (unpaired) electrons. The SMILES string of the molecule is COC1CCN(c2ccc3[nH]nc(C(=O)NC4CN5CCC4CC5)c3c2)C1. The Morgan fingerprint density at radius 2 is 2.07 bits per heavy atom. The van der Waals surface area contributed by atoms with E-state index in [2.05, 4.69) is 37.4 Å². The van der Waals surface area contributed by atoms with Crippen molar-refractivity contribution in [1.29, 1.82) is 0 Å². The number of carbonyl (C=O) groups is 1. The molecule has 2 aromatic rings. The largest absolute Gasteiger partial charge is 0.380 e. The Labute approximate surface area is 159 Å². The Hall–Kier alpha value is -2.12. The van der Waals surface area contributed by atoms with Crippen molar-refractivity contribution in [1.82, 2.24) is 20.4 Å². The van der Waals surface area contributed by atoms with Gasteiger partial charge >= 0.3 is 0 Å². The van der Waals surface area contributed by atoms with Gasteiger partial charge < -0.3 is 19.9 Å². The number of H-pyrrole nitrogens is 1. The molecule has 5 heterocycles. The molecule has 1 aromatic heterocycles. The molecule has 0 saturated carbocycles. The summed E-state index contributed by atoms with van der Waals surface area (Å²) in [6, 6.07) is 6.44. The molecular formula is C20H27N5O2. The number of hydrogen-bond acceptors (Lipinski definition) is 5. The van der Waals surface area contributed by atoms with Gasteiger partial charge in [0.05, 0.1) is 11.6 Å². The van der Waals surface area contributed by atoms with E-state index >= 15 is 0 Å². The number of carbonyl (C=O) groups excluding carboxylic acids is 1. The van der Waals surface area contributed by atoms with Crippen LogP contribution in [0.2, 0.25) is 0 Å². The number of benzene rings is 1. The van der Waals surface area contributed by atoms with Gasteiger partial charge in [-0.3, -0.25) is 9.89 Å². The van der Waals surface area contributed by atoms with E-state index in [4.69, 9.17) is 4.74 Å². The van der Waals surface area contributed by atoms with Crippen LogP contribution >= 0.6 is 0 Å². The topological polar surface area (TPSA) is 73.5 Å². The predicted molar refractivity (Wildman–Crippen MR) is 104 cm³/mol. The molecule has 7 heteroatoms. The first-order valence-electron chi connectivity index (χ1n) is 10.0. The number of ether oxygens (including phenoxy) is 1. The molecule has 1 amide bonds. The van der Waals surface area contributed by atoms with Crippen LogP contribution in [0.25, 0.3) is 10.9 Å². The number of hydrogen-bond donors (Lipinski definition) is 2. The van der Waals surface area contributed by atoms with Crippen LogP contribution in [0.3, 0.4) is 0 Å². The number of rotatable bonds is 4. The molecule has 144 valence electrons. The summed E-state index contributed by atoms with van der Waals surface area (Å²) in [5.74, 6) is 0.545. The molecule has 0 spiro atoms. The van der Waals surface area contributed by atoms with E-state index in [0.717, 1.165) is 42.6 Å². The summed E-state index contributed by atoms with van der Waals surface area (Å²) in [4.78, 5) is 17.7. The molecule has 0 aliphatic carbocycles. The van der Waals surface area contributed by atoms with Crippen LogP contribution in [0.5, 0.6) is 0 Å². The zero-order valence-corrected chi connectivity index (χ0v) is 15.8. The highest BCUT2D eigenvalue weighted by molar-refractivity contribution is 6.05. The maximum absolute atomic E-state index is 12.9. The van der Waals surface area contributed by atoms with Crippen molar-refractivity contribution in [3.8, 4) is 0 Å². The van der Waals surface area contributed by atoms with Gasteiger partial charge in [0.15, 0.2) is 5.69 Å². The van der Waals surface area contributed by atoms with Crippen LogP contribution in [0.4, 0.5) is 5.69 Å². The van der Waals surface area contributed by atoms with E-state index in [9.17, 15) is 4.79 Å². The van der Waals surface area contributed by atoms with Crippen molar-refractivity contribution in [2.24, 2.45) is 5.92 Å². The molecule has 1 aromatic carbocycles. The van der Waals surface area contributed by atoms with Crippen LogP contribution in [-0.2, 0) is 4.74 Å². The number of nitrogens with zero attached hydrogens (tertiary/aromatic N) is 3. The van der Waals surface area contributed by atoms with Gasteiger partial charge in [0, 0.05) is 43.9 Å². The number of methoxy groups -OCH3 is 1. The summed E-state index contributed by atoms with van der Waals surface area (Å²) in [5, 5.41) is 11.5. The molecule has 4 fully saturated rings. The van der Waals surface area contributed by atoms with Crippen LogP contribution < -0.4 is 10.2 Å². The number of amides is 1. The molecule has 2 bridgehead atoms. The molecule has 7 nitrogen and oxygen atoms in total. The van der Waals surface area contributed by atoms with Crippen molar-refractivity contribution in [2.45, 2.75) is 31.4 Å². The molecule has 4 aliphatic heterocycles. The van der Waals surface area contributed by atoms with Crippen molar-refractivity contribution >= 4 is 22.5 Å². The lowest BCUT2D eigenvalue weighted by atomic mass is 9.84. The van der Waals surface area contributed by atoms with Gasteiger partial charge in [-0.1, -0.05) is 0 Å². The summed E-state index contributed by atoms with van der Waals surface area (Å²) < 4.78 is 5.48. The van der Waals surface area contributed by atoms with Gasteiger partial charge in [-0.2, -0.15) is 5.10 Å². The molecule has 2 atom stereocenters. The maximum atomic E-state index is 12.9. The quantitative estimate of drug-likeness (QED) is 0.857. The van der Waals surface area contributed by atoms with E-state index < -0.39 is 0 Å². The third kappa shape index (κ3) is 3.08. The monoisotopic (exact) mass is 369 g/mol. The summed E-state index contributed by atoms with van der Waals surface area (Å²) in [6.45, 7) is 5.17. The van der Waals surface area contributed by atoms with E-state index in [1.165, 1.54) is 25.9 Å². The molecule has 6 rings (SSSR count). The Morgan fingerprint density at radius 3 is 2.78 bits per heavy atom. The number of anilines is 1. The minimum absolute atomic E-state index is 0.0617. The first-order chi connectivity index (χ1) is 13.2. The van der Waals surface area contributed by atoms with Crippen molar-refractivity contribution in [3.63, 3.8) is 0 Å². The van der Waals surface area contributed by atoms with Gasteiger partial charge in [0.2, 0.25) is 0 Å². The van der Waals surface area contributed by atoms with Crippen LogP contribution in [0.1, 0.15) is 29.8 Å². The Balaban J connectivity index is 1.37. The van der Waals surface area contributed by atoms with E-state index in [1.807, 2.05) is 6.07 Å². The lowest BCUT2D eigenvalue weighted by molar-refractivity contribution is 0.0618. The lowest BCUT2D eigenvalue weighted by Gasteiger charge is -2.44. The highest BCUT2D eigenvalue weighted by atomic mass is 16.5. The molecule has 4 saturated heterocycles. The zero-order valence-electron chi connectivity index (χ0n) is 15.8. The standard InChI is InChI=1S/C20H27N5O2/c1-27-15-6-9-25(11-15)14-2-3-17-16(10-14)19(23-22-17)20(26)21-18-12-24-7-4-13(18)5-8-24/h2-3,10,13,15,18H,4-9,11-12H2,1H3,(H,21,26)(H,22,23). The average molecular weight is 369 g/mol. The molecule has 2 N–H and O–H groups in total. The van der Waals surface area contributed by atoms with E-state index in [-0.39, 0.29) is 18.1 Å². The van der Waals surface area contributed by atoms with E-state index in [1.54, 1.807) is 7.11 Å². The van der Waals surface area contributed by atoms with E-state index in [0.29, 0.717) is 11.6 Å². The van der Waals surface area contributed by atoms with Crippen molar-refractivity contribution in [3.05, 3.63) is 23.9 Å². The highest BCUT2D eigenvalue weighted by Gasteiger charge is 2.35. The average Bonchev–Trinajstić information content (AvgIpc) is 3.35. The van der Waals surface area contributed by atoms with Crippen molar-refractivity contribution in [2.75, 3.05) is 44.7 Å². The second-order valence-electron chi connectivity index (χ2n) is 8.11. The Bertz CT molecular complexity index is 842. The molecular weight excluding hydrogens is 342 g/mol. The minimum atomic E-state index is -0.0617. The first-order valence-corrected chi connectivity index (χ1v) is 10.0. The third-order valence-corrected chi connectivity index (χ3v) is 6.58. The maximum Gasteiger partial charge on any atom is 0.272 e. The second-order valence-corrected chi connectivity index (χ2v) is 8.11. The molecule has 27 heavy (non-hydrogen) atoms. The molecule has 2 unspecified atom stereocenters. The minimum Gasteiger partial charge on any atom is -0.380 e. The Morgan fingerprint density at radius 1 is 1.22 bits per heavy atom. The van der Waals surface area contributed by atoms with Gasteiger partial charge in [0.25, 0.3) is 5.91 Å². The van der Waals surface area contributed by atoms with Gasteiger partial charge in [-0.25, -0.2) is 0 Å². The lowest BCUT2D eigenvalue weighted by Crippen LogP contribution is -2.57. The van der Waals surface area contributed by atoms with Gasteiger partial charge in [0.1, 0.15) is 0 Å². The van der Waals surface area contributed by atoms with Gasteiger partial charge in [-0.05, 0) is 56.5 Å². The zero-order chi connectivity index (χ0) is 18.4. The first kappa shape index (κ1) is 17.0. The van der Waals surface area contributed by atoms with Crippen LogP contribution in [0, 0.1) is 5.92 Å². The second kappa shape index (κ2) is 6.80. The van der Waals surface area contributed by atoms with Crippen LogP contribution in [0.15, 0.2) is 18.2 Å². The van der Waals surface area contributed by atoms with Crippen molar-refractivity contribution < 1.29 is 9.53 Å². The fraction of sp³-hybridized carbons (Fsp3) is 0.600. The summed E-state index contributed by atoms with van der Waals surface area (Å²) in [5.41, 5.74) is 2.53. The van der Waals surface area contributed by atoms with Crippen LogP contribution in [-0.4, -0.2) is 73.0 Å². The Kier molecular flexibility index (Phi) is 4.28. The fourth-order valence-electron chi connectivity index (χ4n) is 4.89. The summed E-state index contributed by atoms with van der Waals surface area (Å²) in [6.07, 6.45) is 3.69. The smallest absolute Gasteiger partial charge is 0.272 e. The number of fused-ring (bicyclic) bond motifs is 4. The molecule has 4 aliphatic rings. The fourth-order valence-corrected chi connectivity index (χ4v) is 4.89. The third-order valence-electron chi connectivity index (χ3n) is 6.58.